The number of carbonyl (C=O) groups excluding carboxylic acids is 2. The molecular weight excluding hydrogens is 336 g/mol. The van der Waals surface area contributed by atoms with Gasteiger partial charge in [-0.15, -0.1) is 11.3 Å². The topological polar surface area (TPSA) is 108 Å². The molecule has 0 fully saturated rings. The van der Waals surface area contributed by atoms with Crippen LogP contribution in [0.25, 0.3) is 0 Å². The Morgan fingerprint density at radius 1 is 1.33 bits per heavy atom. The maximum absolute atomic E-state index is 11.9. The Kier molecular flexibility index (Phi) is 5.48. The van der Waals surface area contributed by atoms with Gasteiger partial charge in [0.2, 0.25) is 0 Å². The number of methoxy groups -OCH3 is 1. The minimum absolute atomic E-state index is 0.00541. The van der Waals surface area contributed by atoms with E-state index in [-0.39, 0.29) is 11.4 Å². The van der Waals surface area contributed by atoms with Crippen molar-refractivity contribution in [3.63, 3.8) is 0 Å². The highest BCUT2D eigenvalue weighted by Gasteiger charge is 2.19. The van der Waals surface area contributed by atoms with E-state index in [1.165, 1.54) is 36.6 Å². The van der Waals surface area contributed by atoms with Crippen molar-refractivity contribution in [1.29, 1.82) is 0 Å². The van der Waals surface area contributed by atoms with E-state index in [0.717, 1.165) is 5.56 Å². The standard InChI is InChI=1S/C15H14N2O6S/c1-9-5-6-24-14(9)15(19)23-8-13(18)16-11-4-3-10(22-2)7-12(11)17(20)21/h3-7H,8H2,1-2H3,(H,16,18). The molecule has 8 nitrogen and oxygen atoms in total. The third kappa shape index (κ3) is 4.07. The van der Waals surface area contributed by atoms with Crippen molar-refractivity contribution in [1.82, 2.24) is 0 Å². The lowest BCUT2D eigenvalue weighted by Gasteiger charge is -2.08. The van der Waals surface area contributed by atoms with Crippen LogP contribution in [0.5, 0.6) is 5.75 Å². The molecule has 0 atom stereocenters. The predicted octanol–water partition coefficient (Wildman–Crippen LogP) is 2.77. The monoisotopic (exact) mass is 350 g/mol. The molecule has 0 radical (unpaired) electrons. The minimum atomic E-state index is -0.675. The number of carbonyl (C=O) groups is 2. The molecule has 9 heteroatoms. The van der Waals surface area contributed by atoms with Gasteiger partial charge in [0.15, 0.2) is 6.61 Å². The Hall–Kier alpha value is -2.94. The van der Waals surface area contributed by atoms with Crippen molar-refractivity contribution in [2.24, 2.45) is 0 Å². The lowest BCUT2D eigenvalue weighted by atomic mass is 10.2. The minimum Gasteiger partial charge on any atom is -0.496 e. The van der Waals surface area contributed by atoms with Crippen LogP contribution in [0.3, 0.4) is 0 Å². The summed E-state index contributed by atoms with van der Waals surface area (Å²) in [6.07, 6.45) is 0. The van der Waals surface area contributed by atoms with Crippen LogP contribution in [-0.2, 0) is 9.53 Å². The average molecular weight is 350 g/mol. The van der Waals surface area contributed by atoms with Gasteiger partial charge in [-0.3, -0.25) is 14.9 Å². The summed E-state index contributed by atoms with van der Waals surface area (Å²) in [4.78, 5) is 34.5. The third-order valence-corrected chi connectivity index (χ3v) is 4.05. The molecule has 1 heterocycles. The lowest BCUT2D eigenvalue weighted by Crippen LogP contribution is -2.21. The first-order chi connectivity index (χ1) is 11.4. The molecule has 1 amide bonds. The summed E-state index contributed by atoms with van der Waals surface area (Å²) in [7, 11) is 1.38. The third-order valence-electron chi connectivity index (χ3n) is 3.06. The molecule has 0 unspecified atom stereocenters. The van der Waals surface area contributed by atoms with Crippen molar-refractivity contribution < 1.29 is 24.0 Å². The first-order valence-electron chi connectivity index (χ1n) is 6.76. The Labute approximate surface area is 141 Å². The fraction of sp³-hybridized carbons (Fsp3) is 0.200. The van der Waals surface area contributed by atoms with Gasteiger partial charge in [0.1, 0.15) is 16.3 Å². The number of rotatable bonds is 6. The van der Waals surface area contributed by atoms with Crippen LogP contribution in [0.15, 0.2) is 29.6 Å². The van der Waals surface area contributed by atoms with Gasteiger partial charge in [-0.1, -0.05) is 0 Å². The Balaban J connectivity index is 2.01. The number of nitrogens with zero attached hydrogens (tertiary/aromatic N) is 1. The highest BCUT2D eigenvalue weighted by molar-refractivity contribution is 7.12. The number of hydrogen-bond donors (Lipinski definition) is 1. The summed E-state index contributed by atoms with van der Waals surface area (Å²) in [5, 5.41) is 15.1. The molecule has 126 valence electrons. The predicted molar refractivity (Wildman–Crippen MR) is 87.6 cm³/mol. The van der Waals surface area contributed by atoms with Gasteiger partial charge in [-0.2, -0.15) is 0 Å². The molecule has 24 heavy (non-hydrogen) atoms. The van der Waals surface area contributed by atoms with Gasteiger partial charge in [-0.05, 0) is 36.1 Å². The van der Waals surface area contributed by atoms with Crippen LogP contribution in [0.2, 0.25) is 0 Å². The molecule has 0 aliphatic rings. The fourth-order valence-electron chi connectivity index (χ4n) is 1.86. The van der Waals surface area contributed by atoms with Crippen molar-refractivity contribution in [2.45, 2.75) is 6.92 Å². The fourth-order valence-corrected chi connectivity index (χ4v) is 2.68. The van der Waals surface area contributed by atoms with Gasteiger partial charge in [-0.25, -0.2) is 4.79 Å². The highest BCUT2D eigenvalue weighted by Crippen LogP contribution is 2.28. The molecule has 0 saturated carbocycles. The number of nitrogens with one attached hydrogen (secondary N) is 1. The number of thiophene rings is 1. The molecule has 1 N–H and O–H groups in total. The zero-order chi connectivity index (χ0) is 17.7. The van der Waals surface area contributed by atoms with Crippen molar-refractivity contribution >= 4 is 34.6 Å². The lowest BCUT2D eigenvalue weighted by molar-refractivity contribution is -0.384. The van der Waals surface area contributed by atoms with E-state index in [4.69, 9.17) is 9.47 Å². The van der Waals surface area contributed by atoms with E-state index in [2.05, 4.69) is 5.32 Å². The molecule has 1 aromatic heterocycles. The second-order valence-electron chi connectivity index (χ2n) is 4.70. The molecule has 0 aliphatic heterocycles. The van der Waals surface area contributed by atoms with E-state index in [1.54, 1.807) is 18.4 Å². The molecule has 0 spiro atoms. The molecule has 0 aliphatic carbocycles. The smallest absolute Gasteiger partial charge is 0.349 e. The van der Waals surface area contributed by atoms with Gasteiger partial charge in [0.05, 0.1) is 18.1 Å². The van der Waals surface area contributed by atoms with Crippen molar-refractivity contribution in [3.05, 3.63) is 50.2 Å². The number of ether oxygens (including phenoxy) is 2. The molecule has 1 aromatic carbocycles. The van der Waals surface area contributed by atoms with E-state index < -0.39 is 23.4 Å². The first kappa shape index (κ1) is 17.4. The summed E-state index contributed by atoms with van der Waals surface area (Å²) < 4.78 is 9.82. The molecule has 2 aromatic rings. The van der Waals surface area contributed by atoms with E-state index in [9.17, 15) is 19.7 Å². The Morgan fingerprint density at radius 3 is 2.67 bits per heavy atom. The normalized spacial score (nSPS) is 10.1. The van der Waals surface area contributed by atoms with E-state index in [0.29, 0.717) is 10.6 Å². The second kappa shape index (κ2) is 7.55. The maximum Gasteiger partial charge on any atom is 0.349 e. The van der Waals surface area contributed by atoms with Gasteiger partial charge in [0, 0.05) is 0 Å². The van der Waals surface area contributed by atoms with Gasteiger partial charge < -0.3 is 14.8 Å². The maximum atomic E-state index is 11.9. The number of esters is 1. The summed E-state index contributed by atoms with van der Waals surface area (Å²) in [6, 6.07) is 5.78. The number of amides is 1. The number of hydrogen-bond acceptors (Lipinski definition) is 7. The zero-order valence-corrected chi connectivity index (χ0v) is 13.7. The Bertz CT molecular complexity index is 786. The number of aryl methyl sites for hydroxylation is 1. The van der Waals surface area contributed by atoms with Crippen LogP contribution in [0, 0.1) is 17.0 Å². The van der Waals surface area contributed by atoms with Crippen molar-refractivity contribution in [3.8, 4) is 5.75 Å². The molecular formula is C15H14N2O6S. The number of anilines is 1. The van der Waals surface area contributed by atoms with Crippen LogP contribution >= 0.6 is 11.3 Å². The SMILES string of the molecule is COc1ccc(NC(=O)COC(=O)c2sccc2C)c([N+](=O)[O-])c1. The molecule has 2 rings (SSSR count). The number of nitro benzene ring substituents is 1. The number of nitro groups is 1. The summed E-state index contributed by atoms with van der Waals surface area (Å²) in [6.45, 7) is 1.22. The summed E-state index contributed by atoms with van der Waals surface area (Å²) >= 11 is 1.21. The van der Waals surface area contributed by atoms with Crippen LogP contribution in [-0.4, -0.2) is 30.5 Å². The van der Waals surface area contributed by atoms with E-state index >= 15 is 0 Å². The van der Waals surface area contributed by atoms with Gasteiger partial charge >= 0.3 is 5.97 Å². The molecule has 0 bridgehead atoms. The van der Waals surface area contributed by atoms with E-state index in [1.807, 2.05) is 0 Å². The first-order valence-corrected chi connectivity index (χ1v) is 7.64. The zero-order valence-electron chi connectivity index (χ0n) is 12.9. The quantitative estimate of drug-likeness (QED) is 0.487. The second-order valence-corrected chi connectivity index (χ2v) is 5.61. The van der Waals surface area contributed by atoms with Gasteiger partial charge in [0.25, 0.3) is 11.6 Å². The molecule has 0 saturated heterocycles. The largest absolute Gasteiger partial charge is 0.496 e. The average Bonchev–Trinajstić information content (AvgIpc) is 2.99. The van der Waals surface area contributed by atoms with Crippen molar-refractivity contribution in [2.75, 3.05) is 19.0 Å². The van der Waals surface area contributed by atoms with Crippen LogP contribution < -0.4 is 10.1 Å². The summed E-state index contributed by atoms with van der Waals surface area (Å²) in [5.41, 5.74) is 0.438. The Morgan fingerprint density at radius 2 is 2.08 bits per heavy atom. The summed E-state index contributed by atoms with van der Waals surface area (Å²) in [5.74, 6) is -0.994. The van der Waals surface area contributed by atoms with Crippen LogP contribution in [0.1, 0.15) is 15.2 Å². The van der Waals surface area contributed by atoms with Crippen LogP contribution in [0.4, 0.5) is 11.4 Å². The highest BCUT2D eigenvalue weighted by atomic mass is 32.1. The number of benzene rings is 1.